The largest absolute Gasteiger partial charge is 0.339 e. The fraction of sp³-hybridized carbons (Fsp3) is 0.588. The van der Waals surface area contributed by atoms with Gasteiger partial charge in [0.2, 0.25) is 5.91 Å². The number of carbonyl (C=O) groups excluding carboxylic acids is 1. The Morgan fingerprint density at radius 1 is 1.20 bits per heavy atom. The molecule has 0 bridgehead atoms. The third-order valence-corrected chi connectivity index (χ3v) is 6.70. The zero-order valence-corrected chi connectivity index (χ0v) is 16.2. The monoisotopic (exact) mass is 398 g/mol. The predicted octanol–water partition coefficient (Wildman–Crippen LogP) is 4.31. The highest BCUT2D eigenvalue weighted by Crippen LogP contribution is 2.35. The van der Waals surface area contributed by atoms with Crippen LogP contribution in [0, 0.1) is 5.92 Å². The molecule has 3 heterocycles. The smallest absolute Gasteiger partial charge is 0.233 e. The number of thioether (sulfide) groups is 1. The number of piperidine rings is 1. The average Bonchev–Trinajstić information content (AvgIpc) is 3.02. The maximum absolute atomic E-state index is 12.8. The molecule has 0 N–H and O–H groups in total. The van der Waals surface area contributed by atoms with Crippen molar-refractivity contribution >= 4 is 46.5 Å². The van der Waals surface area contributed by atoms with Crippen LogP contribution in [0.2, 0.25) is 10.0 Å². The van der Waals surface area contributed by atoms with Crippen LogP contribution >= 0.6 is 35.0 Å². The molecule has 1 aliphatic heterocycles. The van der Waals surface area contributed by atoms with Crippen LogP contribution in [0.15, 0.2) is 17.4 Å². The summed E-state index contributed by atoms with van der Waals surface area (Å²) in [5.74, 6) is 1.27. The quantitative estimate of drug-likeness (QED) is 0.722. The summed E-state index contributed by atoms with van der Waals surface area (Å²) >= 11 is 13.6. The van der Waals surface area contributed by atoms with Crippen LogP contribution in [0.3, 0.4) is 0 Å². The van der Waals surface area contributed by atoms with Gasteiger partial charge in [-0.3, -0.25) is 9.20 Å². The van der Waals surface area contributed by atoms with Crippen molar-refractivity contribution in [2.24, 2.45) is 5.92 Å². The van der Waals surface area contributed by atoms with Gasteiger partial charge >= 0.3 is 0 Å². The molecule has 25 heavy (non-hydrogen) atoms. The maximum Gasteiger partial charge on any atom is 0.233 e. The Hall–Kier alpha value is -0.980. The molecule has 2 atom stereocenters. The van der Waals surface area contributed by atoms with Crippen LogP contribution in [0.1, 0.15) is 38.5 Å². The molecule has 0 aromatic carbocycles. The second kappa shape index (κ2) is 7.33. The van der Waals surface area contributed by atoms with E-state index in [0.29, 0.717) is 38.6 Å². The fourth-order valence-corrected chi connectivity index (χ4v) is 5.45. The number of rotatable bonds is 3. The molecule has 2 aliphatic rings. The summed E-state index contributed by atoms with van der Waals surface area (Å²) in [7, 11) is 0. The summed E-state index contributed by atoms with van der Waals surface area (Å²) in [6, 6.07) is 2.08. The van der Waals surface area contributed by atoms with Crippen LogP contribution in [-0.4, -0.2) is 43.7 Å². The Balaban J connectivity index is 1.47. The first-order valence-corrected chi connectivity index (χ1v) is 10.5. The second-order valence-electron chi connectivity index (χ2n) is 6.81. The van der Waals surface area contributed by atoms with Gasteiger partial charge in [-0.25, -0.2) is 0 Å². The molecule has 0 spiro atoms. The SMILES string of the molecule is O=C(CSc1nnc2c(Cl)cc(Cl)cn12)N1CCC[C@H]2CCCC[C@@H]21. The van der Waals surface area contributed by atoms with E-state index in [-0.39, 0.29) is 5.91 Å². The van der Waals surface area contributed by atoms with Crippen molar-refractivity contribution in [1.82, 2.24) is 19.5 Å². The second-order valence-corrected chi connectivity index (χ2v) is 8.60. The van der Waals surface area contributed by atoms with Crippen LogP contribution in [0.4, 0.5) is 0 Å². The molecule has 134 valence electrons. The zero-order valence-electron chi connectivity index (χ0n) is 13.8. The maximum atomic E-state index is 12.8. The van der Waals surface area contributed by atoms with Gasteiger partial charge in [-0.05, 0) is 37.7 Å². The van der Waals surface area contributed by atoms with E-state index >= 15 is 0 Å². The molecule has 2 fully saturated rings. The van der Waals surface area contributed by atoms with Crippen molar-refractivity contribution in [2.75, 3.05) is 12.3 Å². The molecular weight excluding hydrogens is 379 g/mol. The van der Waals surface area contributed by atoms with Crippen molar-refractivity contribution in [3.63, 3.8) is 0 Å². The lowest BCUT2D eigenvalue weighted by Gasteiger charge is -2.44. The third-order valence-electron chi connectivity index (χ3n) is 5.28. The lowest BCUT2D eigenvalue weighted by atomic mass is 9.78. The van der Waals surface area contributed by atoms with E-state index in [1.165, 1.54) is 37.4 Å². The summed E-state index contributed by atoms with van der Waals surface area (Å²) in [5, 5.41) is 9.87. The standard InChI is InChI=1S/C17H20Cl2N4OS/c18-12-8-13(19)16-20-21-17(23(16)9-12)25-10-15(24)22-7-3-5-11-4-1-2-6-14(11)22/h8-9,11,14H,1-7,10H2/t11-,14+/m1/s1. The molecule has 4 rings (SSSR count). The lowest BCUT2D eigenvalue weighted by molar-refractivity contribution is -0.134. The summed E-state index contributed by atoms with van der Waals surface area (Å²) in [6.07, 6.45) is 9.10. The van der Waals surface area contributed by atoms with Crippen LogP contribution in [-0.2, 0) is 4.79 Å². The Kier molecular flexibility index (Phi) is 5.11. The first-order chi connectivity index (χ1) is 12.1. The number of pyridine rings is 1. The van der Waals surface area contributed by atoms with Crippen molar-refractivity contribution in [2.45, 2.75) is 49.7 Å². The van der Waals surface area contributed by atoms with Crippen molar-refractivity contribution in [3.8, 4) is 0 Å². The van der Waals surface area contributed by atoms with Gasteiger partial charge in [-0.15, -0.1) is 10.2 Å². The van der Waals surface area contributed by atoms with Crippen molar-refractivity contribution in [3.05, 3.63) is 22.3 Å². The van der Waals surface area contributed by atoms with Gasteiger partial charge in [-0.1, -0.05) is 47.8 Å². The van der Waals surface area contributed by atoms with Gasteiger partial charge in [0.25, 0.3) is 0 Å². The van der Waals surface area contributed by atoms with E-state index in [1.807, 2.05) is 0 Å². The number of carbonyl (C=O) groups is 1. The van der Waals surface area contributed by atoms with Crippen molar-refractivity contribution in [1.29, 1.82) is 0 Å². The van der Waals surface area contributed by atoms with E-state index in [2.05, 4.69) is 15.1 Å². The summed E-state index contributed by atoms with van der Waals surface area (Å²) in [4.78, 5) is 14.9. The number of likely N-dealkylation sites (tertiary alicyclic amines) is 1. The van der Waals surface area contributed by atoms with E-state index in [1.54, 1.807) is 16.7 Å². The van der Waals surface area contributed by atoms with Gasteiger partial charge < -0.3 is 4.90 Å². The summed E-state index contributed by atoms with van der Waals surface area (Å²) < 4.78 is 1.75. The Morgan fingerprint density at radius 2 is 2.00 bits per heavy atom. The first-order valence-electron chi connectivity index (χ1n) is 8.75. The molecule has 1 aliphatic carbocycles. The normalized spacial score (nSPS) is 23.7. The van der Waals surface area contributed by atoms with Crippen molar-refractivity contribution < 1.29 is 4.79 Å². The van der Waals surface area contributed by atoms with Crippen LogP contribution in [0.5, 0.6) is 0 Å². The number of halogens is 2. The molecule has 0 unspecified atom stereocenters. The molecule has 1 saturated heterocycles. The number of nitrogens with zero attached hydrogens (tertiary/aromatic N) is 4. The first kappa shape index (κ1) is 17.4. The number of fused-ring (bicyclic) bond motifs is 2. The molecule has 5 nitrogen and oxygen atoms in total. The zero-order chi connectivity index (χ0) is 17.4. The van der Waals surface area contributed by atoms with Gasteiger partial charge in [0.1, 0.15) is 0 Å². The van der Waals surface area contributed by atoms with Gasteiger partial charge in [0.15, 0.2) is 10.8 Å². The highest BCUT2D eigenvalue weighted by Gasteiger charge is 2.35. The number of aromatic nitrogens is 3. The lowest BCUT2D eigenvalue weighted by Crippen LogP contribution is -2.50. The van der Waals surface area contributed by atoms with E-state index < -0.39 is 0 Å². The van der Waals surface area contributed by atoms with E-state index in [4.69, 9.17) is 23.2 Å². The van der Waals surface area contributed by atoms with Gasteiger partial charge in [-0.2, -0.15) is 0 Å². The van der Waals surface area contributed by atoms with E-state index in [0.717, 1.165) is 19.4 Å². The number of amides is 1. The topological polar surface area (TPSA) is 50.5 Å². The van der Waals surface area contributed by atoms with Crippen LogP contribution < -0.4 is 0 Å². The molecule has 2 aromatic rings. The molecule has 1 amide bonds. The Morgan fingerprint density at radius 3 is 2.88 bits per heavy atom. The molecular formula is C17H20Cl2N4OS. The Bertz CT molecular complexity index is 794. The minimum atomic E-state index is 0.200. The third kappa shape index (κ3) is 3.49. The summed E-state index contributed by atoms with van der Waals surface area (Å²) in [6.45, 7) is 0.888. The number of hydrogen-bond donors (Lipinski definition) is 0. The average molecular weight is 399 g/mol. The minimum Gasteiger partial charge on any atom is -0.339 e. The van der Waals surface area contributed by atoms with Crippen LogP contribution in [0.25, 0.3) is 5.65 Å². The molecule has 2 aromatic heterocycles. The summed E-state index contributed by atoms with van der Waals surface area (Å²) in [5.41, 5.74) is 0.561. The van der Waals surface area contributed by atoms with Gasteiger partial charge in [0, 0.05) is 18.8 Å². The Labute approximate surface area is 161 Å². The number of hydrogen-bond acceptors (Lipinski definition) is 4. The molecule has 1 saturated carbocycles. The molecule has 8 heteroatoms. The highest BCUT2D eigenvalue weighted by molar-refractivity contribution is 7.99. The fourth-order valence-electron chi connectivity index (χ4n) is 4.14. The predicted molar refractivity (Wildman–Crippen MR) is 100 cm³/mol. The highest BCUT2D eigenvalue weighted by atomic mass is 35.5. The molecule has 0 radical (unpaired) electrons. The van der Waals surface area contributed by atoms with Gasteiger partial charge in [0.05, 0.1) is 15.8 Å². The van der Waals surface area contributed by atoms with E-state index in [9.17, 15) is 4.79 Å². The minimum absolute atomic E-state index is 0.200.